The average Bonchev–Trinajstić information content (AvgIpc) is 3.18. The molecule has 0 aliphatic carbocycles. The summed E-state index contributed by atoms with van der Waals surface area (Å²) in [5.41, 5.74) is 0.684. The standard InChI is InChI=1S/C23H27N3O7S2/c1-15-5-11-18(12-6-15)35(31,32)25(21(27)20-24-23(2,3)14-34-20)19(22(28)33-4)13-16-7-9-17(10-8-16)26(29)30/h5-12,19-20,24H,13-14H2,1-4H3/t19-,20-/m0/s1. The molecule has 0 aromatic heterocycles. The van der Waals surface area contributed by atoms with Gasteiger partial charge in [0.15, 0.2) is 0 Å². The number of hydrogen-bond acceptors (Lipinski definition) is 9. The third-order valence-corrected chi connectivity index (χ3v) is 8.85. The number of nitro groups is 1. The van der Waals surface area contributed by atoms with Crippen LogP contribution in [0.1, 0.15) is 25.0 Å². The van der Waals surface area contributed by atoms with E-state index in [9.17, 15) is 28.1 Å². The Hall–Kier alpha value is -2.96. The Balaban J connectivity index is 2.08. The van der Waals surface area contributed by atoms with Gasteiger partial charge in [-0.05, 0) is 38.5 Å². The number of nitrogens with one attached hydrogen (secondary N) is 1. The molecule has 0 radical (unpaired) electrons. The molecule has 0 bridgehead atoms. The molecule has 1 amide bonds. The maximum Gasteiger partial charge on any atom is 0.330 e. The van der Waals surface area contributed by atoms with Crippen LogP contribution in [0.15, 0.2) is 53.4 Å². The van der Waals surface area contributed by atoms with Gasteiger partial charge in [-0.1, -0.05) is 29.8 Å². The Morgan fingerprint density at radius 2 is 1.80 bits per heavy atom. The van der Waals surface area contributed by atoms with Crippen LogP contribution in [-0.2, 0) is 30.8 Å². The second-order valence-corrected chi connectivity index (χ2v) is 11.7. The Morgan fingerprint density at radius 3 is 2.29 bits per heavy atom. The molecule has 1 saturated heterocycles. The van der Waals surface area contributed by atoms with Crippen molar-refractivity contribution in [2.75, 3.05) is 12.9 Å². The number of esters is 1. The molecule has 0 saturated carbocycles. The summed E-state index contributed by atoms with van der Waals surface area (Å²) in [6.45, 7) is 5.58. The minimum absolute atomic E-state index is 0.142. The number of amides is 1. The first-order chi connectivity index (χ1) is 16.4. The first kappa shape index (κ1) is 26.6. The van der Waals surface area contributed by atoms with Crippen molar-refractivity contribution in [1.82, 2.24) is 9.62 Å². The van der Waals surface area contributed by atoms with Crippen molar-refractivity contribution in [3.63, 3.8) is 0 Å². The number of non-ortho nitro benzene ring substituents is 1. The molecule has 2 aromatic rings. The van der Waals surface area contributed by atoms with E-state index in [-0.39, 0.29) is 17.0 Å². The summed E-state index contributed by atoms with van der Waals surface area (Å²) >= 11 is 1.25. The third kappa shape index (κ3) is 6.00. The van der Waals surface area contributed by atoms with Gasteiger partial charge in [-0.15, -0.1) is 11.8 Å². The summed E-state index contributed by atoms with van der Waals surface area (Å²) in [6.07, 6.45) is -0.220. The van der Waals surface area contributed by atoms with Crippen LogP contribution in [0.2, 0.25) is 0 Å². The maximum absolute atomic E-state index is 13.8. The second-order valence-electron chi connectivity index (χ2n) is 8.84. The lowest BCUT2D eigenvalue weighted by Crippen LogP contribution is -2.55. The summed E-state index contributed by atoms with van der Waals surface area (Å²) in [6, 6.07) is 9.78. The van der Waals surface area contributed by atoms with Crippen LogP contribution in [0.3, 0.4) is 0 Å². The number of nitro benzene ring substituents is 1. The van der Waals surface area contributed by atoms with Crippen molar-refractivity contribution >= 4 is 39.3 Å². The Morgan fingerprint density at radius 1 is 1.20 bits per heavy atom. The van der Waals surface area contributed by atoms with Crippen molar-refractivity contribution in [3.05, 3.63) is 69.8 Å². The quantitative estimate of drug-likeness (QED) is 0.316. The molecule has 1 aliphatic rings. The number of sulfonamides is 1. The van der Waals surface area contributed by atoms with Crippen LogP contribution >= 0.6 is 11.8 Å². The normalized spacial score (nSPS) is 18.0. The highest BCUT2D eigenvalue weighted by molar-refractivity contribution is 8.01. The van der Waals surface area contributed by atoms with E-state index in [0.717, 1.165) is 12.7 Å². The van der Waals surface area contributed by atoms with E-state index in [2.05, 4.69) is 5.32 Å². The predicted octanol–water partition coefficient (Wildman–Crippen LogP) is 2.65. The van der Waals surface area contributed by atoms with E-state index >= 15 is 0 Å². The van der Waals surface area contributed by atoms with Gasteiger partial charge in [0.05, 0.1) is 16.9 Å². The molecule has 12 heteroatoms. The number of nitrogens with zero attached hydrogens (tertiary/aromatic N) is 2. The second kappa shape index (κ2) is 10.3. The lowest BCUT2D eigenvalue weighted by atomic mass is 10.1. The molecular formula is C23H27N3O7S2. The molecule has 2 atom stereocenters. The van der Waals surface area contributed by atoms with E-state index in [1.807, 2.05) is 13.8 Å². The van der Waals surface area contributed by atoms with Gasteiger partial charge in [0.25, 0.3) is 21.6 Å². The first-order valence-corrected chi connectivity index (χ1v) is 13.2. The number of hydrogen-bond donors (Lipinski definition) is 1. The number of carbonyl (C=O) groups excluding carboxylic acids is 2. The molecule has 35 heavy (non-hydrogen) atoms. The van der Waals surface area contributed by atoms with Gasteiger partial charge in [-0.3, -0.25) is 20.2 Å². The summed E-state index contributed by atoms with van der Waals surface area (Å²) < 4.78 is 33.0. The molecule has 3 rings (SSSR count). The van der Waals surface area contributed by atoms with Gasteiger partial charge in [-0.25, -0.2) is 17.5 Å². The van der Waals surface area contributed by atoms with E-state index in [1.165, 1.54) is 48.2 Å². The fraction of sp³-hybridized carbons (Fsp3) is 0.391. The molecular weight excluding hydrogens is 494 g/mol. The highest BCUT2D eigenvalue weighted by Gasteiger charge is 2.46. The number of aryl methyl sites for hydroxylation is 1. The molecule has 0 unspecified atom stereocenters. The molecule has 1 fully saturated rings. The topological polar surface area (TPSA) is 136 Å². The summed E-state index contributed by atoms with van der Waals surface area (Å²) in [5.74, 6) is -1.15. The number of rotatable bonds is 8. The van der Waals surface area contributed by atoms with Crippen LogP contribution in [0.5, 0.6) is 0 Å². The Labute approximate surface area is 208 Å². The fourth-order valence-electron chi connectivity index (χ4n) is 3.62. The van der Waals surface area contributed by atoms with Gasteiger partial charge in [0, 0.05) is 29.8 Å². The van der Waals surface area contributed by atoms with E-state index in [1.54, 1.807) is 19.1 Å². The summed E-state index contributed by atoms with van der Waals surface area (Å²) in [4.78, 5) is 36.9. The molecule has 1 heterocycles. The fourth-order valence-corrected chi connectivity index (χ4v) is 6.55. The number of benzene rings is 2. The van der Waals surface area contributed by atoms with E-state index < -0.39 is 43.8 Å². The van der Waals surface area contributed by atoms with Gasteiger partial charge in [0.2, 0.25) is 0 Å². The number of carbonyl (C=O) groups is 2. The minimum Gasteiger partial charge on any atom is -0.467 e. The van der Waals surface area contributed by atoms with Crippen LogP contribution in [0, 0.1) is 17.0 Å². The average molecular weight is 522 g/mol. The highest BCUT2D eigenvalue weighted by Crippen LogP contribution is 2.31. The Bertz CT molecular complexity index is 1210. The SMILES string of the molecule is COC(=O)[C@H](Cc1ccc([N+](=O)[O-])cc1)N(C(=O)[C@H]1NC(C)(C)CS1)S(=O)(=O)c1ccc(C)cc1. The number of thioether (sulfide) groups is 1. The molecule has 1 aliphatic heterocycles. The van der Waals surface area contributed by atoms with Gasteiger partial charge >= 0.3 is 5.97 Å². The summed E-state index contributed by atoms with van der Waals surface area (Å²) in [5, 5.41) is 13.2. The molecule has 2 aromatic carbocycles. The maximum atomic E-state index is 13.8. The molecule has 1 N–H and O–H groups in total. The molecule has 0 spiro atoms. The number of ether oxygens (including phenoxy) is 1. The zero-order chi connectivity index (χ0) is 26.0. The van der Waals surface area contributed by atoms with Gasteiger partial charge in [0.1, 0.15) is 11.4 Å². The van der Waals surface area contributed by atoms with Crippen molar-refractivity contribution in [3.8, 4) is 0 Å². The zero-order valence-electron chi connectivity index (χ0n) is 19.8. The van der Waals surface area contributed by atoms with E-state index in [0.29, 0.717) is 15.6 Å². The van der Waals surface area contributed by atoms with Crippen molar-refractivity contribution in [2.24, 2.45) is 0 Å². The predicted molar refractivity (Wildman–Crippen MR) is 131 cm³/mol. The van der Waals surface area contributed by atoms with Crippen LogP contribution in [-0.4, -0.2) is 59.3 Å². The van der Waals surface area contributed by atoms with Crippen molar-refractivity contribution in [1.29, 1.82) is 0 Å². The number of methoxy groups -OCH3 is 1. The molecule has 188 valence electrons. The van der Waals surface area contributed by atoms with Crippen LogP contribution in [0.25, 0.3) is 0 Å². The lowest BCUT2D eigenvalue weighted by Gasteiger charge is -2.31. The first-order valence-electron chi connectivity index (χ1n) is 10.7. The van der Waals surface area contributed by atoms with Crippen LogP contribution in [0.4, 0.5) is 5.69 Å². The summed E-state index contributed by atoms with van der Waals surface area (Å²) in [7, 11) is -3.36. The van der Waals surface area contributed by atoms with E-state index in [4.69, 9.17) is 4.74 Å². The van der Waals surface area contributed by atoms with Crippen molar-refractivity contribution < 1.29 is 27.7 Å². The largest absolute Gasteiger partial charge is 0.467 e. The van der Waals surface area contributed by atoms with Crippen molar-refractivity contribution in [2.45, 2.75) is 49.0 Å². The molecule has 10 nitrogen and oxygen atoms in total. The zero-order valence-corrected chi connectivity index (χ0v) is 21.4. The minimum atomic E-state index is -4.47. The van der Waals surface area contributed by atoms with Crippen LogP contribution < -0.4 is 5.32 Å². The highest BCUT2D eigenvalue weighted by atomic mass is 32.2. The van der Waals surface area contributed by atoms with Gasteiger partial charge in [-0.2, -0.15) is 0 Å². The van der Waals surface area contributed by atoms with Gasteiger partial charge < -0.3 is 4.74 Å². The smallest absolute Gasteiger partial charge is 0.330 e. The monoisotopic (exact) mass is 521 g/mol. The third-order valence-electron chi connectivity index (χ3n) is 5.48. The Kier molecular flexibility index (Phi) is 7.87. The lowest BCUT2D eigenvalue weighted by molar-refractivity contribution is -0.384.